The number of hydrogen-bond donors (Lipinski definition) is 0. The summed E-state index contributed by atoms with van der Waals surface area (Å²) in [5.41, 5.74) is 0.211. The average Bonchev–Trinajstić information content (AvgIpc) is 2.47. The highest BCUT2D eigenvalue weighted by molar-refractivity contribution is 6.67. The fraction of sp³-hybridized carbons (Fsp3) is 0.462. The van der Waals surface area contributed by atoms with Crippen molar-refractivity contribution in [1.82, 2.24) is 0 Å². The van der Waals surface area contributed by atoms with Crippen molar-refractivity contribution in [2.45, 2.75) is 38.9 Å². The predicted molar refractivity (Wildman–Crippen MR) is 72.6 cm³/mol. The number of hydrogen-bond acceptors (Lipinski definition) is 3. The number of halogens is 1. The summed E-state index contributed by atoms with van der Waals surface area (Å²) in [5.74, 6) is 0. The highest BCUT2D eigenvalue weighted by atomic mass is 35.5. The van der Waals surface area contributed by atoms with Gasteiger partial charge >= 0.3 is 7.12 Å². The molecule has 0 saturated carbocycles. The van der Waals surface area contributed by atoms with E-state index < -0.39 is 18.3 Å². The smallest absolute Gasteiger partial charge is 0.399 e. The van der Waals surface area contributed by atoms with Gasteiger partial charge in [-0.25, -0.2) is 0 Å². The minimum absolute atomic E-state index is 0.447. The Labute approximate surface area is 113 Å². The van der Waals surface area contributed by atoms with Gasteiger partial charge in [0.2, 0.25) is 0 Å². The Bertz CT molecular complexity index is 469. The second-order valence-electron chi connectivity index (χ2n) is 5.45. The first-order valence-electron chi connectivity index (χ1n) is 5.88. The minimum Gasteiger partial charge on any atom is -0.399 e. The van der Waals surface area contributed by atoms with Crippen LogP contribution in [0.3, 0.4) is 0 Å². The first-order valence-corrected chi connectivity index (χ1v) is 6.25. The molecule has 1 aliphatic rings. The monoisotopic (exact) mass is 266 g/mol. The van der Waals surface area contributed by atoms with Crippen molar-refractivity contribution in [1.29, 1.82) is 0 Å². The van der Waals surface area contributed by atoms with Crippen molar-refractivity contribution in [3.8, 4) is 0 Å². The molecular weight excluding hydrogens is 250 g/mol. The lowest BCUT2D eigenvalue weighted by atomic mass is 9.76. The third kappa shape index (κ3) is 2.09. The van der Waals surface area contributed by atoms with Gasteiger partial charge in [-0.1, -0.05) is 23.7 Å². The Hall–Kier alpha value is -0.835. The van der Waals surface area contributed by atoms with Crippen LogP contribution in [-0.4, -0.2) is 24.6 Å². The first kappa shape index (κ1) is 13.6. The maximum Gasteiger partial charge on any atom is 0.497 e. The summed E-state index contributed by atoms with van der Waals surface area (Å²) in [6.45, 7) is 7.85. The van der Waals surface area contributed by atoms with Gasteiger partial charge in [0.15, 0.2) is 0 Å². The highest BCUT2D eigenvalue weighted by Crippen LogP contribution is 2.37. The Morgan fingerprint density at radius 1 is 1.17 bits per heavy atom. The molecule has 0 spiro atoms. The maximum atomic E-state index is 11.1. The predicted octanol–water partition coefficient (Wildman–Crippen LogP) is 2.45. The molecule has 0 radical (unpaired) electrons. The second-order valence-corrected chi connectivity index (χ2v) is 5.86. The molecule has 0 amide bonds. The first-order chi connectivity index (χ1) is 8.28. The van der Waals surface area contributed by atoms with E-state index in [0.717, 1.165) is 6.29 Å². The van der Waals surface area contributed by atoms with E-state index in [1.54, 1.807) is 18.2 Å². The van der Waals surface area contributed by atoms with Crippen LogP contribution in [-0.2, 0) is 9.31 Å². The highest BCUT2D eigenvalue weighted by Gasteiger charge is 2.52. The topological polar surface area (TPSA) is 35.5 Å². The number of carbonyl (C=O) groups is 1. The molecule has 2 rings (SSSR count). The van der Waals surface area contributed by atoms with Gasteiger partial charge in [-0.3, -0.25) is 4.79 Å². The lowest BCUT2D eigenvalue weighted by Crippen LogP contribution is -2.41. The summed E-state index contributed by atoms with van der Waals surface area (Å²) < 4.78 is 11.8. The fourth-order valence-corrected chi connectivity index (χ4v) is 2.14. The summed E-state index contributed by atoms with van der Waals surface area (Å²) in [6, 6.07) is 5.18. The zero-order valence-electron chi connectivity index (χ0n) is 11.0. The van der Waals surface area contributed by atoms with Crippen molar-refractivity contribution in [3.05, 3.63) is 28.8 Å². The van der Waals surface area contributed by atoms with Gasteiger partial charge in [-0.15, -0.1) is 0 Å². The molecule has 1 saturated heterocycles. The molecule has 1 aromatic rings. The quantitative estimate of drug-likeness (QED) is 0.609. The van der Waals surface area contributed by atoms with Crippen LogP contribution in [0, 0.1) is 0 Å². The Balaban J connectivity index is 2.44. The normalized spacial score (nSPS) is 21.1. The van der Waals surface area contributed by atoms with E-state index in [-0.39, 0.29) is 0 Å². The molecule has 1 heterocycles. The molecule has 1 aliphatic heterocycles. The molecule has 3 nitrogen and oxygen atoms in total. The van der Waals surface area contributed by atoms with Crippen molar-refractivity contribution < 1.29 is 14.1 Å². The van der Waals surface area contributed by atoms with Gasteiger partial charge in [0.05, 0.1) is 11.2 Å². The zero-order valence-corrected chi connectivity index (χ0v) is 11.7. The average molecular weight is 267 g/mol. The van der Waals surface area contributed by atoms with E-state index >= 15 is 0 Å². The van der Waals surface area contributed by atoms with Crippen molar-refractivity contribution in [2.24, 2.45) is 0 Å². The number of rotatable bonds is 2. The summed E-state index contributed by atoms with van der Waals surface area (Å²) >= 11 is 6.16. The van der Waals surface area contributed by atoms with Gasteiger partial charge in [-0.05, 0) is 33.8 Å². The summed E-state index contributed by atoms with van der Waals surface area (Å²) in [7, 11) is -0.608. The fourth-order valence-electron chi connectivity index (χ4n) is 1.87. The van der Waals surface area contributed by atoms with Crippen molar-refractivity contribution in [3.63, 3.8) is 0 Å². The van der Waals surface area contributed by atoms with Crippen molar-refractivity contribution >= 4 is 30.5 Å². The number of benzene rings is 1. The number of carbonyl (C=O) groups excluding carboxylic acids is 1. The van der Waals surface area contributed by atoms with Crippen LogP contribution in [0.2, 0.25) is 5.02 Å². The zero-order chi connectivity index (χ0) is 13.6. The molecular formula is C13H16BClO3. The van der Waals surface area contributed by atoms with Gasteiger partial charge < -0.3 is 9.31 Å². The standard InChI is InChI=1S/C13H16BClO3/c1-12(2)13(3,4)18-14(17-12)11-9(8-16)6-5-7-10(11)15/h5-8H,1-4H3. The molecule has 1 fully saturated rings. The van der Waals surface area contributed by atoms with Crippen molar-refractivity contribution in [2.75, 3.05) is 0 Å². The molecule has 5 heteroatoms. The van der Waals surface area contributed by atoms with E-state index in [9.17, 15) is 4.79 Å². The van der Waals surface area contributed by atoms with Crippen LogP contribution in [0.1, 0.15) is 38.1 Å². The molecule has 1 aromatic carbocycles. The van der Waals surface area contributed by atoms with E-state index in [2.05, 4.69) is 0 Å². The van der Waals surface area contributed by atoms with Crippen LogP contribution < -0.4 is 5.46 Å². The third-order valence-electron chi connectivity index (χ3n) is 3.70. The molecule has 0 N–H and O–H groups in total. The lowest BCUT2D eigenvalue weighted by Gasteiger charge is -2.32. The Morgan fingerprint density at radius 2 is 1.72 bits per heavy atom. The summed E-state index contributed by atoms with van der Waals surface area (Å²) in [5, 5.41) is 0.484. The minimum atomic E-state index is -0.608. The molecule has 0 bridgehead atoms. The molecule has 0 unspecified atom stereocenters. The van der Waals surface area contributed by atoms with Gasteiger partial charge in [0, 0.05) is 16.0 Å². The summed E-state index contributed by atoms with van der Waals surface area (Å²) in [6.07, 6.45) is 0.770. The molecule has 0 aliphatic carbocycles. The van der Waals surface area contributed by atoms with Crippen LogP contribution in [0.5, 0.6) is 0 Å². The molecule has 0 atom stereocenters. The molecule has 96 valence electrons. The Kier molecular flexibility index (Phi) is 3.30. The van der Waals surface area contributed by atoms with Gasteiger partial charge in [-0.2, -0.15) is 0 Å². The Morgan fingerprint density at radius 3 is 2.22 bits per heavy atom. The third-order valence-corrected chi connectivity index (χ3v) is 4.03. The maximum absolute atomic E-state index is 11.1. The SMILES string of the molecule is CC1(C)OB(c2c(Cl)cccc2C=O)OC1(C)C. The molecule has 0 aromatic heterocycles. The summed E-state index contributed by atoms with van der Waals surface area (Å²) in [4.78, 5) is 11.1. The van der Waals surface area contributed by atoms with Gasteiger partial charge in [0.1, 0.15) is 6.29 Å². The lowest BCUT2D eigenvalue weighted by molar-refractivity contribution is 0.00578. The van der Waals surface area contributed by atoms with Crippen LogP contribution in [0.4, 0.5) is 0 Å². The molecule has 18 heavy (non-hydrogen) atoms. The van der Waals surface area contributed by atoms with Crippen LogP contribution >= 0.6 is 11.6 Å². The van der Waals surface area contributed by atoms with E-state index in [0.29, 0.717) is 16.0 Å². The largest absolute Gasteiger partial charge is 0.497 e. The van der Waals surface area contributed by atoms with Gasteiger partial charge in [0.25, 0.3) is 0 Å². The van der Waals surface area contributed by atoms with Crippen LogP contribution in [0.15, 0.2) is 18.2 Å². The van der Waals surface area contributed by atoms with E-state index in [1.807, 2.05) is 27.7 Å². The van der Waals surface area contributed by atoms with Crippen LogP contribution in [0.25, 0.3) is 0 Å². The van der Waals surface area contributed by atoms with E-state index in [1.165, 1.54) is 0 Å². The van der Waals surface area contributed by atoms with E-state index in [4.69, 9.17) is 20.9 Å². The second kappa shape index (κ2) is 4.37. The number of aldehydes is 1.